The minimum absolute atomic E-state index is 0.108. The number of carbonyl (C=O) groups is 3. The van der Waals surface area contributed by atoms with Gasteiger partial charge in [0.15, 0.2) is 5.84 Å². The molecule has 1 atom stereocenters. The first-order valence-electron chi connectivity index (χ1n) is 10.3. The van der Waals surface area contributed by atoms with Crippen molar-refractivity contribution < 1.29 is 24.0 Å². The maximum Gasteiger partial charge on any atom is 0.295 e. The predicted molar refractivity (Wildman–Crippen MR) is 119 cm³/mol. The molecule has 10 heteroatoms. The highest BCUT2D eigenvalue weighted by atomic mass is 19.1. The van der Waals surface area contributed by atoms with Crippen molar-refractivity contribution in [2.75, 3.05) is 19.6 Å². The van der Waals surface area contributed by atoms with Crippen LogP contribution in [0.15, 0.2) is 53.8 Å². The Bertz CT molecular complexity index is 1270. The zero-order valence-corrected chi connectivity index (χ0v) is 17.8. The number of amides is 2. The molecule has 3 aromatic rings. The average Bonchev–Trinajstić information content (AvgIpc) is 3.29. The van der Waals surface area contributed by atoms with Crippen LogP contribution in [0.4, 0.5) is 4.39 Å². The molecule has 0 bridgehead atoms. The molecule has 2 amide bonds. The second-order valence-corrected chi connectivity index (χ2v) is 7.83. The summed E-state index contributed by atoms with van der Waals surface area (Å²) in [6.07, 6.45) is 1.24. The topological polar surface area (TPSA) is 132 Å². The number of ketones is 1. The van der Waals surface area contributed by atoms with Crippen LogP contribution in [0, 0.1) is 5.82 Å². The van der Waals surface area contributed by atoms with Gasteiger partial charge in [0.25, 0.3) is 17.6 Å². The van der Waals surface area contributed by atoms with Crippen molar-refractivity contribution in [3.05, 3.63) is 71.2 Å². The monoisotopic (exact) mass is 451 g/mol. The lowest BCUT2D eigenvalue weighted by molar-refractivity contribution is -0.130. The molecule has 170 valence electrons. The van der Waals surface area contributed by atoms with Crippen LogP contribution in [0.2, 0.25) is 0 Å². The largest absolute Gasteiger partial charge is 0.409 e. The molecule has 1 saturated heterocycles. The first-order valence-corrected chi connectivity index (χ1v) is 10.3. The lowest BCUT2D eigenvalue weighted by atomic mass is 10.0. The minimum atomic E-state index is -0.883. The number of oxime groups is 1. The number of aromatic nitrogens is 1. The van der Waals surface area contributed by atoms with E-state index in [0.717, 1.165) is 6.07 Å². The van der Waals surface area contributed by atoms with E-state index in [0.29, 0.717) is 5.56 Å². The third kappa shape index (κ3) is 3.91. The highest BCUT2D eigenvalue weighted by molar-refractivity contribution is 6.45. The van der Waals surface area contributed by atoms with E-state index in [2.05, 4.69) is 10.1 Å². The number of amidine groups is 1. The van der Waals surface area contributed by atoms with Crippen molar-refractivity contribution in [3.8, 4) is 0 Å². The molecule has 2 heterocycles. The second-order valence-electron chi connectivity index (χ2n) is 7.83. The Morgan fingerprint density at radius 2 is 1.85 bits per heavy atom. The summed E-state index contributed by atoms with van der Waals surface area (Å²) in [5.74, 6) is -2.80. The molecule has 33 heavy (non-hydrogen) atoms. The Morgan fingerprint density at radius 3 is 2.52 bits per heavy atom. The lowest BCUT2D eigenvalue weighted by Gasteiger charge is -2.39. The van der Waals surface area contributed by atoms with E-state index in [1.54, 1.807) is 36.1 Å². The molecule has 0 radical (unpaired) electrons. The van der Waals surface area contributed by atoms with Crippen LogP contribution in [-0.4, -0.2) is 69.1 Å². The van der Waals surface area contributed by atoms with Gasteiger partial charge in [-0.15, -0.1) is 0 Å². The number of piperazine rings is 1. The summed E-state index contributed by atoms with van der Waals surface area (Å²) >= 11 is 0. The molecule has 2 aromatic carbocycles. The van der Waals surface area contributed by atoms with Crippen molar-refractivity contribution >= 4 is 34.3 Å². The van der Waals surface area contributed by atoms with Crippen molar-refractivity contribution in [3.63, 3.8) is 0 Å². The molecule has 1 aromatic heterocycles. The van der Waals surface area contributed by atoms with Gasteiger partial charge in [-0.1, -0.05) is 23.4 Å². The minimum Gasteiger partial charge on any atom is -0.409 e. The summed E-state index contributed by atoms with van der Waals surface area (Å²) < 4.78 is 14.6. The molecule has 0 spiro atoms. The molecule has 4 N–H and O–H groups in total. The fourth-order valence-corrected chi connectivity index (χ4v) is 4.11. The van der Waals surface area contributed by atoms with Crippen molar-refractivity contribution in [2.24, 2.45) is 10.9 Å². The van der Waals surface area contributed by atoms with Gasteiger partial charge in [-0.2, -0.15) is 0 Å². The highest BCUT2D eigenvalue weighted by Crippen LogP contribution is 2.26. The van der Waals surface area contributed by atoms with E-state index in [9.17, 15) is 18.8 Å². The molecule has 9 nitrogen and oxygen atoms in total. The number of hydrogen-bond donors (Lipinski definition) is 3. The fourth-order valence-electron chi connectivity index (χ4n) is 4.11. The van der Waals surface area contributed by atoms with Gasteiger partial charge in [0.2, 0.25) is 0 Å². The zero-order valence-electron chi connectivity index (χ0n) is 17.8. The normalized spacial score (nSPS) is 16.8. The first-order chi connectivity index (χ1) is 15.8. The average molecular weight is 451 g/mol. The third-order valence-electron chi connectivity index (χ3n) is 5.80. The van der Waals surface area contributed by atoms with Crippen LogP contribution in [0.1, 0.15) is 33.2 Å². The SMILES string of the molecule is CC1CN(C(=O)c2ccccc2)CCN1C(=O)C(=O)c1c[nH]c2c(C(N)=NO)ccc(F)c12. The number of carbonyl (C=O) groups excluding carboxylic acids is 3. The number of benzene rings is 2. The maximum atomic E-state index is 14.6. The Balaban J connectivity index is 1.55. The van der Waals surface area contributed by atoms with Crippen LogP contribution in [0.25, 0.3) is 10.9 Å². The van der Waals surface area contributed by atoms with E-state index in [1.165, 1.54) is 17.2 Å². The summed E-state index contributed by atoms with van der Waals surface area (Å²) in [6.45, 7) is 2.46. The number of H-pyrrole nitrogens is 1. The summed E-state index contributed by atoms with van der Waals surface area (Å²) in [4.78, 5) is 44.6. The van der Waals surface area contributed by atoms with E-state index in [-0.39, 0.29) is 53.4 Å². The number of nitrogens with one attached hydrogen (secondary N) is 1. The van der Waals surface area contributed by atoms with Crippen LogP contribution in [0.3, 0.4) is 0 Å². The highest BCUT2D eigenvalue weighted by Gasteiger charge is 2.34. The van der Waals surface area contributed by atoms with E-state index >= 15 is 0 Å². The number of Topliss-reactive ketones (excluding diaryl/α,β-unsaturated/α-hetero) is 1. The van der Waals surface area contributed by atoms with Crippen LogP contribution < -0.4 is 5.73 Å². The fraction of sp³-hybridized carbons (Fsp3) is 0.217. The Hall–Kier alpha value is -4.21. The van der Waals surface area contributed by atoms with E-state index < -0.39 is 23.5 Å². The van der Waals surface area contributed by atoms with Gasteiger partial charge < -0.3 is 25.7 Å². The number of aromatic amines is 1. The quantitative estimate of drug-likeness (QED) is 0.139. The molecular weight excluding hydrogens is 429 g/mol. The molecule has 0 saturated carbocycles. The van der Waals surface area contributed by atoms with Gasteiger partial charge in [-0.05, 0) is 31.2 Å². The van der Waals surface area contributed by atoms with Gasteiger partial charge in [0, 0.05) is 48.4 Å². The molecule has 4 rings (SSSR count). The number of hydrogen-bond acceptors (Lipinski definition) is 5. The van der Waals surface area contributed by atoms with Gasteiger partial charge in [0.05, 0.1) is 11.1 Å². The Kier molecular flexibility index (Phi) is 5.82. The standard InChI is InChI=1S/C23H22FN5O4/c1-13-12-28(22(31)14-5-3-2-4-6-14)9-10-29(13)23(32)20(30)16-11-26-19-15(21(25)27-33)7-8-17(24)18(16)19/h2-8,11,13,26,33H,9-10,12H2,1H3,(H2,25,27). The molecule has 0 aliphatic carbocycles. The number of fused-ring (bicyclic) bond motifs is 1. The third-order valence-corrected chi connectivity index (χ3v) is 5.80. The lowest BCUT2D eigenvalue weighted by Crippen LogP contribution is -2.56. The Labute approximate surface area is 188 Å². The van der Waals surface area contributed by atoms with Crippen LogP contribution in [0.5, 0.6) is 0 Å². The van der Waals surface area contributed by atoms with Crippen molar-refractivity contribution in [1.29, 1.82) is 0 Å². The number of rotatable bonds is 4. The van der Waals surface area contributed by atoms with Crippen molar-refractivity contribution in [2.45, 2.75) is 13.0 Å². The van der Waals surface area contributed by atoms with E-state index in [4.69, 9.17) is 10.9 Å². The van der Waals surface area contributed by atoms with Crippen LogP contribution in [-0.2, 0) is 4.79 Å². The molecular formula is C23H22FN5O4. The number of nitrogens with zero attached hydrogens (tertiary/aromatic N) is 3. The van der Waals surface area contributed by atoms with Gasteiger partial charge in [-0.25, -0.2) is 4.39 Å². The predicted octanol–water partition coefficient (Wildman–Crippen LogP) is 1.96. The number of nitrogens with two attached hydrogens (primary N) is 1. The summed E-state index contributed by atoms with van der Waals surface area (Å²) in [6, 6.07) is 10.8. The second kappa shape index (κ2) is 8.73. The molecule has 1 aliphatic rings. The maximum absolute atomic E-state index is 14.6. The van der Waals surface area contributed by atoms with Gasteiger partial charge in [0.1, 0.15) is 5.82 Å². The summed E-state index contributed by atoms with van der Waals surface area (Å²) in [7, 11) is 0. The first kappa shape index (κ1) is 22.0. The van der Waals surface area contributed by atoms with E-state index in [1.807, 2.05) is 6.07 Å². The van der Waals surface area contributed by atoms with Gasteiger partial charge in [-0.3, -0.25) is 14.4 Å². The Morgan fingerprint density at radius 1 is 1.12 bits per heavy atom. The summed E-state index contributed by atoms with van der Waals surface area (Å²) in [5.41, 5.74) is 6.39. The molecule has 1 fully saturated rings. The number of halogens is 1. The van der Waals surface area contributed by atoms with Gasteiger partial charge >= 0.3 is 0 Å². The summed E-state index contributed by atoms with van der Waals surface area (Å²) in [5, 5.41) is 11.8. The van der Waals surface area contributed by atoms with Crippen LogP contribution >= 0.6 is 0 Å². The zero-order chi connectivity index (χ0) is 23.7. The van der Waals surface area contributed by atoms with Crippen molar-refractivity contribution in [1.82, 2.24) is 14.8 Å². The smallest absolute Gasteiger partial charge is 0.295 e. The molecule has 1 aliphatic heterocycles. The molecule has 1 unspecified atom stereocenters.